The highest BCUT2D eigenvalue weighted by Gasteiger charge is 2.67. The average Bonchev–Trinajstić information content (AvgIpc) is 3.48. The number of halogens is 3. The molecule has 0 unspecified atom stereocenters. The fourth-order valence-electron chi connectivity index (χ4n) is 5.71. The van der Waals surface area contributed by atoms with Gasteiger partial charge in [-0.3, -0.25) is 34.6 Å². The number of rotatable bonds is 6. The van der Waals surface area contributed by atoms with Gasteiger partial charge in [-0.1, -0.05) is 49.5 Å². The topological polar surface area (TPSA) is 144 Å². The zero-order chi connectivity index (χ0) is 26.8. The molecule has 2 saturated carbocycles. The van der Waals surface area contributed by atoms with Crippen molar-refractivity contribution in [3.63, 3.8) is 0 Å². The summed E-state index contributed by atoms with van der Waals surface area (Å²) in [4.78, 5) is 62.6. The lowest BCUT2D eigenvalue weighted by Crippen LogP contribution is -2.50. The van der Waals surface area contributed by atoms with Crippen LogP contribution in [0.5, 0.6) is 0 Å². The van der Waals surface area contributed by atoms with Crippen molar-refractivity contribution in [1.29, 1.82) is 0 Å². The lowest BCUT2D eigenvalue weighted by Gasteiger charge is -2.31. The Morgan fingerprint density at radius 1 is 1.00 bits per heavy atom. The van der Waals surface area contributed by atoms with Gasteiger partial charge < -0.3 is 0 Å². The number of fused-ring (bicyclic) bond motifs is 5. The number of nitro groups is 2. The summed E-state index contributed by atoms with van der Waals surface area (Å²) in [6, 6.07) is 8.70. The number of benzene rings is 2. The number of alkyl halides is 2. The van der Waals surface area contributed by atoms with Crippen LogP contribution in [0.4, 0.5) is 11.4 Å². The third-order valence-electron chi connectivity index (χ3n) is 7.31. The maximum Gasteiger partial charge on any atom is 0.275 e. The van der Waals surface area contributed by atoms with Crippen molar-refractivity contribution in [3.8, 4) is 0 Å². The first kappa shape index (κ1) is 25.7. The first-order valence-corrected chi connectivity index (χ1v) is 13.4. The Labute approximate surface area is 231 Å². The van der Waals surface area contributed by atoms with Crippen molar-refractivity contribution < 1.29 is 24.2 Å². The number of hydrazine groups is 1. The molecular formula is C23H17Br2ClN4O7. The number of imide groups is 1. The highest BCUT2D eigenvalue weighted by atomic mass is 79.9. The van der Waals surface area contributed by atoms with Crippen LogP contribution in [0.1, 0.15) is 22.3 Å². The largest absolute Gasteiger partial charge is 0.275 e. The van der Waals surface area contributed by atoms with Crippen LogP contribution in [0.2, 0.25) is 5.02 Å². The summed E-state index contributed by atoms with van der Waals surface area (Å²) in [5.41, 5.74) is -0.875. The molecule has 3 amide bonds. The molecule has 192 valence electrons. The maximum absolute atomic E-state index is 13.7. The standard InChI is InChI=1S/C23H17Br2ClN4O7/c24-19-14-8-15(20(19)25)18-17(14)22(32)28(23(18)33)27(9-11-4-5-12(26)7-16(11)30(36)37)21(31)10-2-1-3-13(6-10)29(34)35/h1-7,14-15,17-20H,8-9H2/t14-,15-,17-,18+,19-,20+/m1/s1. The molecule has 2 aromatic carbocycles. The summed E-state index contributed by atoms with van der Waals surface area (Å²) in [6.07, 6.45) is 0.675. The Hall–Kier alpha value is -2.90. The molecule has 2 bridgehead atoms. The molecule has 2 aliphatic carbocycles. The predicted octanol–water partition coefficient (Wildman–Crippen LogP) is 4.49. The van der Waals surface area contributed by atoms with Gasteiger partial charge in [0, 0.05) is 38.4 Å². The molecular weight excluding hydrogens is 640 g/mol. The minimum Gasteiger partial charge on any atom is -0.272 e. The van der Waals surface area contributed by atoms with Crippen LogP contribution in [0.15, 0.2) is 42.5 Å². The first-order valence-electron chi connectivity index (χ1n) is 11.2. The summed E-state index contributed by atoms with van der Waals surface area (Å²) in [7, 11) is 0. The van der Waals surface area contributed by atoms with Crippen molar-refractivity contribution in [2.45, 2.75) is 22.6 Å². The SMILES string of the molecule is O=C(c1cccc([N+](=O)[O-])c1)N(Cc1ccc(Cl)cc1[N+](=O)[O-])N1C(=O)[C@@H]2[C@H]3C[C@@H]([C@H](Br)[C@@H]3Br)[C@@H]2C1=O. The summed E-state index contributed by atoms with van der Waals surface area (Å²) >= 11 is 13.2. The molecule has 0 radical (unpaired) electrons. The summed E-state index contributed by atoms with van der Waals surface area (Å²) < 4.78 is 0. The smallest absolute Gasteiger partial charge is 0.272 e. The highest BCUT2D eigenvalue weighted by molar-refractivity contribution is 9.12. The lowest BCUT2D eigenvalue weighted by molar-refractivity contribution is -0.385. The first-order chi connectivity index (χ1) is 17.5. The molecule has 0 aromatic heterocycles. The molecule has 3 aliphatic rings. The number of non-ortho nitro benzene ring substituents is 1. The Kier molecular flexibility index (Phi) is 6.57. The Morgan fingerprint density at radius 2 is 1.62 bits per heavy atom. The van der Waals surface area contributed by atoms with E-state index >= 15 is 0 Å². The van der Waals surface area contributed by atoms with Crippen molar-refractivity contribution in [2.24, 2.45) is 23.7 Å². The molecule has 5 rings (SSSR count). The second-order valence-corrected chi connectivity index (χ2v) is 11.7. The van der Waals surface area contributed by atoms with E-state index in [0.29, 0.717) is 6.42 Å². The Balaban J connectivity index is 1.58. The van der Waals surface area contributed by atoms with E-state index in [1.165, 1.54) is 30.3 Å². The van der Waals surface area contributed by atoms with Gasteiger partial charge in [-0.05, 0) is 36.5 Å². The van der Waals surface area contributed by atoms with Crippen molar-refractivity contribution >= 4 is 72.6 Å². The zero-order valence-electron chi connectivity index (χ0n) is 18.7. The van der Waals surface area contributed by atoms with Gasteiger partial charge in [0.05, 0.1) is 33.8 Å². The molecule has 6 atom stereocenters. The lowest BCUT2D eigenvalue weighted by atomic mass is 9.81. The number of nitro benzene ring substituents is 2. The molecule has 0 spiro atoms. The van der Waals surface area contributed by atoms with Crippen LogP contribution in [-0.2, 0) is 16.1 Å². The molecule has 37 heavy (non-hydrogen) atoms. The molecule has 1 aliphatic heterocycles. The van der Waals surface area contributed by atoms with E-state index in [-0.39, 0.29) is 43.3 Å². The Morgan fingerprint density at radius 3 is 2.19 bits per heavy atom. The van der Waals surface area contributed by atoms with E-state index in [9.17, 15) is 34.6 Å². The van der Waals surface area contributed by atoms with Crippen LogP contribution in [-0.4, -0.2) is 47.2 Å². The van der Waals surface area contributed by atoms with Gasteiger partial charge in [-0.2, -0.15) is 5.01 Å². The number of hydrogen-bond acceptors (Lipinski definition) is 7. The maximum atomic E-state index is 13.7. The molecule has 11 nitrogen and oxygen atoms in total. The van der Waals surface area contributed by atoms with E-state index in [0.717, 1.165) is 22.2 Å². The second kappa shape index (κ2) is 9.44. The molecule has 2 aromatic rings. The number of carbonyl (C=O) groups excluding carboxylic acids is 3. The number of nitrogens with zero attached hydrogens (tertiary/aromatic N) is 4. The van der Waals surface area contributed by atoms with Gasteiger partial charge in [0.2, 0.25) is 0 Å². The number of amides is 3. The van der Waals surface area contributed by atoms with Crippen LogP contribution in [0, 0.1) is 43.9 Å². The van der Waals surface area contributed by atoms with Gasteiger partial charge in [-0.25, -0.2) is 5.01 Å². The summed E-state index contributed by atoms with van der Waals surface area (Å²) in [5, 5.41) is 24.7. The van der Waals surface area contributed by atoms with Crippen molar-refractivity contribution in [2.75, 3.05) is 0 Å². The third-order valence-corrected chi connectivity index (χ3v) is 10.7. The normalized spacial score (nSPS) is 27.9. The van der Waals surface area contributed by atoms with Gasteiger partial charge in [0.25, 0.3) is 29.1 Å². The summed E-state index contributed by atoms with van der Waals surface area (Å²) in [6.45, 7) is -0.503. The van der Waals surface area contributed by atoms with Crippen molar-refractivity contribution in [1.82, 2.24) is 10.0 Å². The van der Waals surface area contributed by atoms with E-state index in [4.69, 9.17) is 11.6 Å². The fourth-order valence-corrected chi connectivity index (χ4v) is 7.75. The van der Waals surface area contributed by atoms with Crippen LogP contribution >= 0.6 is 43.5 Å². The zero-order valence-corrected chi connectivity index (χ0v) is 22.6. The quantitative estimate of drug-likeness (QED) is 0.193. The molecule has 0 N–H and O–H groups in total. The molecule has 3 fully saturated rings. The molecule has 1 heterocycles. The summed E-state index contributed by atoms with van der Waals surface area (Å²) in [5.74, 6) is -3.55. The van der Waals surface area contributed by atoms with Crippen molar-refractivity contribution in [3.05, 3.63) is 78.8 Å². The number of carbonyl (C=O) groups is 3. The minimum absolute atomic E-state index is 0.0329. The Bertz CT molecular complexity index is 1340. The average molecular weight is 657 g/mol. The minimum atomic E-state index is -0.882. The van der Waals surface area contributed by atoms with Crippen LogP contribution in [0.25, 0.3) is 0 Å². The van der Waals surface area contributed by atoms with Gasteiger partial charge >= 0.3 is 0 Å². The van der Waals surface area contributed by atoms with Crippen LogP contribution in [0.3, 0.4) is 0 Å². The molecule has 14 heteroatoms. The second-order valence-electron chi connectivity index (χ2n) is 9.19. The highest BCUT2D eigenvalue weighted by Crippen LogP contribution is 2.60. The predicted molar refractivity (Wildman–Crippen MR) is 137 cm³/mol. The van der Waals surface area contributed by atoms with E-state index < -0.39 is 51.6 Å². The van der Waals surface area contributed by atoms with E-state index in [1.54, 1.807) is 0 Å². The van der Waals surface area contributed by atoms with E-state index in [2.05, 4.69) is 31.9 Å². The van der Waals surface area contributed by atoms with Gasteiger partial charge in [0.1, 0.15) is 0 Å². The van der Waals surface area contributed by atoms with Gasteiger partial charge in [0.15, 0.2) is 0 Å². The van der Waals surface area contributed by atoms with Gasteiger partial charge in [-0.15, -0.1) is 0 Å². The third kappa shape index (κ3) is 4.12. The molecule has 1 saturated heterocycles. The van der Waals surface area contributed by atoms with E-state index in [1.807, 2.05) is 0 Å². The monoisotopic (exact) mass is 654 g/mol. The number of hydrogen-bond donors (Lipinski definition) is 0. The van der Waals surface area contributed by atoms with Crippen LogP contribution < -0.4 is 0 Å². The fraction of sp³-hybridized carbons (Fsp3) is 0.348.